The molecule has 0 saturated carbocycles. The van der Waals surface area contributed by atoms with Gasteiger partial charge >= 0.3 is 0 Å². The number of carbonyl (C=O) groups excluding carboxylic acids is 1. The highest BCUT2D eigenvalue weighted by atomic mass is 16.3. The third-order valence-corrected chi connectivity index (χ3v) is 5.11. The van der Waals surface area contributed by atoms with E-state index in [1.165, 1.54) is 6.07 Å². The van der Waals surface area contributed by atoms with E-state index in [0.29, 0.717) is 25.0 Å². The number of aromatic nitrogens is 2. The number of β-amino-alcohol motifs (C(OH)–C–C–N with tert-alkyl or cyclic N) is 1. The third-order valence-electron chi connectivity index (χ3n) is 5.11. The molecule has 1 fully saturated rings. The molecule has 4 rings (SSSR count). The second-order valence-electron chi connectivity index (χ2n) is 6.85. The van der Waals surface area contributed by atoms with Gasteiger partial charge in [0.05, 0.1) is 22.9 Å². The quantitative estimate of drug-likeness (QED) is 0.677. The monoisotopic (exact) mass is 351 g/mol. The summed E-state index contributed by atoms with van der Waals surface area (Å²) in [5.74, 6) is -0.280. The Morgan fingerprint density at radius 3 is 2.77 bits per heavy atom. The number of phenols is 1. The second-order valence-corrected chi connectivity index (χ2v) is 6.85. The van der Waals surface area contributed by atoms with Crippen LogP contribution in [0, 0.1) is 0 Å². The van der Waals surface area contributed by atoms with Gasteiger partial charge in [-0.3, -0.25) is 9.89 Å². The van der Waals surface area contributed by atoms with Gasteiger partial charge < -0.3 is 15.1 Å². The molecule has 3 aromatic rings. The third kappa shape index (κ3) is 2.82. The zero-order valence-electron chi connectivity index (χ0n) is 14.5. The van der Waals surface area contributed by atoms with E-state index in [0.717, 1.165) is 16.6 Å². The molecule has 0 aliphatic carbocycles. The summed E-state index contributed by atoms with van der Waals surface area (Å²) in [6, 6.07) is 13.3. The fourth-order valence-electron chi connectivity index (χ4n) is 3.57. The Bertz CT molecular complexity index is 952. The smallest absolute Gasteiger partial charge is 0.257 e. The number of nitrogens with one attached hydrogen (secondary N) is 1. The molecule has 1 saturated heterocycles. The maximum atomic E-state index is 12.8. The molecular weight excluding hydrogens is 330 g/mol. The Balaban J connectivity index is 1.74. The predicted molar refractivity (Wildman–Crippen MR) is 98.2 cm³/mol. The maximum Gasteiger partial charge on any atom is 0.257 e. The zero-order chi connectivity index (χ0) is 18.3. The van der Waals surface area contributed by atoms with Crippen molar-refractivity contribution in [2.75, 3.05) is 13.1 Å². The molecule has 6 heteroatoms. The molecule has 6 nitrogen and oxygen atoms in total. The highest BCUT2D eigenvalue weighted by Crippen LogP contribution is 2.33. The molecule has 1 amide bonds. The van der Waals surface area contributed by atoms with Crippen LogP contribution in [0.1, 0.15) is 40.9 Å². The molecule has 26 heavy (non-hydrogen) atoms. The molecule has 2 heterocycles. The minimum atomic E-state index is -0.493. The number of aromatic hydroxyl groups is 1. The topological polar surface area (TPSA) is 89.4 Å². The summed E-state index contributed by atoms with van der Waals surface area (Å²) < 4.78 is 0. The van der Waals surface area contributed by atoms with Gasteiger partial charge in [0, 0.05) is 30.5 Å². The summed E-state index contributed by atoms with van der Waals surface area (Å²) in [4.78, 5) is 14.3. The van der Waals surface area contributed by atoms with E-state index in [9.17, 15) is 15.0 Å². The Hall–Kier alpha value is -2.86. The number of rotatable bonds is 3. The number of H-pyrrole nitrogens is 1. The van der Waals surface area contributed by atoms with Crippen LogP contribution >= 0.6 is 0 Å². The Morgan fingerprint density at radius 1 is 1.31 bits per heavy atom. The summed E-state index contributed by atoms with van der Waals surface area (Å²) in [5.41, 5.74) is 2.91. The van der Waals surface area contributed by atoms with E-state index < -0.39 is 6.10 Å². The number of carbonyl (C=O) groups is 1. The lowest BCUT2D eigenvalue weighted by Gasteiger charge is -2.17. The largest absolute Gasteiger partial charge is 0.507 e. The van der Waals surface area contributed by atoms with Crippen LogP contribution < -0.4 is 0 Å². The van der Waals surface area contributed by atoms with Crippen molar-refractivity contribution in [3.05, 3.63) is 59.3 Å². The van der Waals surface area contributed by atoms with Crippen molar-refractivity contribution in [2.24, 2.45) is 0 Å². The summed E-state index contributed by atoms with van der Waals surface area (Å²) >= 11 is 0. The fourth-order valence-corrected chi connectivity index (χ4v) is 3.57. The molecule has 0 bridgehead atoms. The van der Waals surface area contributed by atoms with Gasteiger partial charge in [-0.1, -0.05) is 37.3 Å². The number of aromatic amines is 1. The minimum absolute atomic E-state index is 0.0716. The number of nitrogens with zero attached hydrogens (tertiary/aromatic N) is 2. The Kier molecular flexibility index (Phi) is 4.12. The van der Waals surface area contributed by atoms with Crippen molar-refractivity contribution in [1.82, 2.24) is 15.1 Å². The number of benzene rings is 2. The normalized spacial score (nSPS) is 18.4. The van der Waals surface area contributed by atoms with Gasteiger partial charge in [-0.05, 0) is 18.1 Å². The summed E-state index contributed by atoms with van der Waals surface area (Å²) in [6.45, 7) is 2.87. The number of likely N-dealkylation sites (tertiary alicyclic amines) is 1. The number of phenolic OH excluding ortho intramolecular Hbond substituents is 1. The molecular formula is C20H21N3O3. The maximum absolute atomic E-state index is 12.8. The number of amides is 1. The van der Waals surface area contributed by atoms with Gasteiger partial charge in [-0.2, -0.15) is 5.10 Å². The standard InChI is InChI=1S/C20H21N3O3/c1-12(13-5-3-2-4-6-13)19-15-9-16(18(25)10-17(15)21-22-19)20(26)23-8-7-14(24)11-23/h2-6,9-10,12,14,24-25H,7-8,11H2,1H3,(H,21,22)/t12?,14-/m1/s1. The number of aliphatic hydroxyl groups excluding tert-OH is 1. The van der Waals surface area contributed by atoms with Gasteiger partial charge in [0.25, 0.3) is 5.91 Å². The van der Waals surface area contributed by atoms with E-state index in [-0.39, 0.29) is 23.1 Å². The van der Waals surface area contributed by atoms with Crippen LogP contribution in [0.5, 0.6) is 5.75 Å². The van der Waals surface area contributed by atoms with Crippen molar-refractivity contribution in [2.45, 2.75) is 25.4 Å². The Morgan fingerprint density at radius 2 is 2.08 bits per heavy atom. The van der Waals surface area contributed by atoms with Crippen molar-refractivity contribution >= 4 is 16.8 Å². The number of hydrogen-bond donors (Lipinski definition) is 3. The van der Waals surface area contributed by atoms with Crippen LogP contribution in [0.4, 0.5) is 0 Å². The molecule has 1 aliphatic heterocycles. The lowest BCUT2D eigenvalue weighted by Crippen LogP contribution is -2.29. The van der Waals surface area contributed by atoms with Gasteiger partial charge in [0.2, 0.25) is 0 Å². The van der Waals surface area contributed by atoms with Crippen LogP contribution in [-0.2, 0) is 0 Å². The lowest BCUT2D eigenvalue weighted by molar-refractivity contribution is 0.0762. The van der Waals surface area contributed by atoms with Crippen molar-refractivity contribution in [3.8, 4) is 5.75 Å². The number of hydrogen-bond acceptors (Lipinski definition) is 4. The van der Waals surface area contributed by atoms with Gasteiger partial charge in [0.15, 0.2) is 0 Å². The molecule has 0 radical (unpaired) electrons. The Labute approximate surface area is 151 Å². The molecule has 134 valence electrons. The van der Waals surface area contributed by atoms with Crippen LogP contribution in [-0.4, -0.2) is 50.4 Å². The van der Waals surface area contributed by atoms with E-state index in [4.69, 9.17) is 0 Å². The zero-order valence-corrected chi connectivity index (χ0v) is 14.5. The molecule has 1 unspecified atom stereocenters. The number of fused-ring (bicyclic) bond motifs is 1. The average molecular weight is 351 g/mol. The first kappa shape index (κ1) is 16.6. The van der Waals surface area contributed by atoms with E-state index in [2.05, 4.69) is 29.3 Å². The van der Waals surface area contributed by atoms with E-state index in [1.807, 2.05) is 18.2 Å². The first-order chi connectivity index (χ1) is 12.5. The highest BCUT2D eigenvalue weighted by Gasteiger charge is 2.28. The SMILES string of the molecule is CC(c1ccccc1)c1[nH]nc2cc(O)c(C(=O)N3CC[C@@H](O)C3)cc12. The van der Waals surface area contributed by atoms with Crippen LogP contribution in [0.25, 0.3) is 10.9 Å². The number of aliphatic hydroxyl groups is 1. The van der Waals surface area contributed by atoms with Crippen LogP contribution in [0.3, 0.4) is 0 Å². The summed E-state index contributed by atoms with van der Waals surface area (Å²) in [5, 5.41) is 28.1. The van der Waals surface area contributed by atoms with Crippen molar-refractivity contribution < 1.29 is 15.0 Å². The summed E-state index contributed by atoms with van der Waals surface area (Å²) in [7, 11) is 0. The van der Waals surface area contributed by atoms with Crippen LogP contribution in [0.2, 0.25) is 0 Å². The molecule has 1 aliphatic rings. The highest BCUT2D eigenvalue weighted by molar-refractivity contribution is 6.01. The molecule has 2 aromatic carbocycles. The molecule has 0 spiro atoms. The average Bonchev–Trinajstić information content (AvgIpc) is 3.26. The first-order valence-electron chi connectivity index (χ1n) is 8.78. The van der Waals surface area contributed by atoms with Crippen molar-refractivity contribution in [1.29, 1.82) is 0 Å². The first-order valence-corrected chi connectivity index (χ1v) is 8.78. The van der Waals surface area contributed by atoms with Gasteiger partial charge in [-0.25, -0.2) is 0 Å². The van der Waals surface area contributed by atoms with E-state index in [1.54, 1.807) is 11.0 Å². The molecule has 2 atom stereocenters. The van der Waals surface area contributed by atoms with Gasteiger partial charge in [0.1, 0.15) is 5.75 Å². The van der Waals surface area contributed by atoms with Gasteiger partial charge in [-0.15, -0.1) is 0 Å². The van der Waals surface area contributed by atoms with Crippen molar-refractivity contribution in [3.63, 3.8) is 0 Å². The van der Waals surface area contributed by atoms with Crippen LogP contribution in [0.15, 0.2) is 42.5 Å². The second kappa shape index (κ2) is 6.46. The molecule has 1 aromatic heterocycles. The lowest BCUT2D eigenvalue weighted by atomic mass is 9.95. The fraction of sp³-hybridized carbons (Fsp3) is 0.300. The molecule has 3 N–H and O–H groups in total. The summed E-state index contributed by atoms with van der Waals surface area (Å²) in [6.07, 6.45) is 0.0731. The predicted octanol–water partition coefficient (Wildman–Crippen LogP) is 2.63. The van der Waals surface area contributed by atoms with E-state index >= 15 is 0 Å². The minimum Gasteiger partial charge on any atom is -0.507 e.